The first-order valence-electron chi connectivity index (χ1n) is 10.3. The fourth-order valence-corrected chi connectivity index (χ4v) is 3.32. The zero-order chi connectivity index (χ0) is 21.8. The Kier molecular flexibility index (Phi) is 9.59. The molecule has 2 aromatic rings. The summed E-state index contributed by atoms with van der Waals surface area (Å²) in [6, 6.07) is 18.7. The largest absolute Gasteiger partial charge is 0.482 e. The Bertz CT molecular complexity index is 837. The molecule has 0 spiro atoms. The summed E-state index contributed by atoms with van der Waals surface area (Å²) < 4.78 is 5.36. The van der Waals surface area contributed by atoms with E-state index in [0.717, 1.165) is 23.0 Å². The topological polar surface area (TPSA) is 63.6 Å². The number of Topliss-reactive ketones (excluding diaryl/α,β-unsaturated/α-hetero) is 1. The third kappa shape index (κ3) is 8.91. The maximum Gasteiger partial charge on any atom is 0.371 e. The van der Waals surface area contributed by atoms with E-state index < -0.39 is 5.97 Å². The number of aliphatic carboxylic acids is 1. The third-order valence-electron chi connectivity index (χ3n) is 4.71. The van der Waals surface area contributed by atoms with Gasteiger partial charge in [0.2, 0.25) is 5.76 Å². The van der Waals surface area contributed by atoms with Gasteiger partial charge in [-0.2, -0.15) is 0 Å². The molecule has 2 aromatic carbocycles. The lowest BCUT2D eigenvalue weighted by Crippen LogP contribution is -2.05. The molecule has 2 bridgehead atoms. The van der Waals surface area contributed by atoms with Gasteiger partial charge in [-0.3, -0.25) is 0 Å². The van der Waals surface area contributed by atoms with E-state index in [1.807, 2.05) is 60.7 Å². The minimum absolute atomic E-state index is 0.0601. The number of benzene rings is 2. The molecule has 1 fully saturated rings. The summed E-state index contributed by atoms with van der Waals surface area (Å²) in [7, 11) is 0. The normalized spacial score (nSPS) is 18.5. The predicted molar refractivity (Wildman–Crippen MR) is 120 cm³/mol. The predicted octanol–water partition coefficient (Wildman–Crippen LogP) is 5.90. The van der Waals surface area contributed by atoms with Crippen LogP contribution in [0.2, 0.25) is 0 Å². The summed E-state index contributed by atoms with van der Waals surface area (Å²) >= 11 is 0. The van der Waals surface area contributed by atoms with Crippen LogP contribution in [-0.2, 0) is 20.9 Å². The molecule has 158 valence electrons. The van der Waals surface area contributed by atoms with Crippen LogP contribution in [-0.4, -0.2) is 16.9 Å². The van der Waals surface area contributed by atoms with Gasteiger partial charge in [0.1, 0.15) is 12.4 Å². The zero-order valence-corrected chi connectivity index (χ0v) is 17.7. The summed E-state index contributed by atoms with van der Waals surface area (Å²) in [5.41, 5.74) is 1.73. The van der Waals surface area contributed by atoms with Crippen molar-refractivity contribution in [3.05, 3.63) is 89.7 Å². The molecule has 0 aliphatic heterocycles. The van der Waals surface area contributed by atoms with Crippen molar-refractivity contribution < 1.29 is 19.4 Å². The Morgan fingerprint density at radius 2 is 1.43 bits per heavy atom. The van der Waals surface area contributed by atoms with Gasteiger partial charge in [0, 0.05) is 0 Å². The summed E-state index contributed by atoms with van der Waals surface area (Å²) in [4.78, 5) is 20.6. The molecule has 2 aliphatic carbocycles. The highest BCUT2D eigenvalue weighted by Gasteiger charge is 2.25. The first kappa shape index (κ1) is 23.1. The fraction of sp³-hybridized carbons (Fsp3) is 0.308. The molecular weight excluding hydrogens is 376 g/mol. The lowest BCUT2D eigenvalue weighted by atomic mass is 10.1. The van der Waals surface area contributed by atoms with E-state index in [-0.39, 0.29) is 18.1 Å². The standard InChI is InChI=1S/C16H14O3.C7H10.C3H6O/c17-16(18)15(11-13-7-3-1-4-8-13)19-12-14-9-5-2-6-10-14;1-2-7-4-3-6(1)5-7;1-3(2)4/h1-11H,12H2,(H,17,18);1-2,6-7H,3-5H2;1-2H3. The van der Waals surface area contributed by atoms with Crippen LogP contribution >= 0.6 is 0 Å². The molecular formula is C26H30O4. The molecule has 0 aromatic heterocycles. The molecule has 0 radical (unpaired) electrons. The maximum absolute atomic E-state index is 11.1. The molecule has 4 heteroatoms. The SMILES string of the molecule is C1=CC2CCC1C2.CC(C)=O.O=C(O)C(=Cc1ccccc1)OCc1ccccc1. The second kappa shape index (κ2) is 12.4. The van der Waals surface area contributed by atoms with Crippen LogP contribution in [0.4, 0.5) is 0 Å². The zero-order valence-electron chi connectivity index (χ0n) is 17.7. The molecule has 1 saturated carbocycles. The van der Waals surface area contributed by atoms with Crippen LogP contribution in [0.15, 0.2) is 78.6 Å². The third-order valence-corrected chi connectivity index (χ3v) is 4.71. The monoisotopic (exact) mass is 406 g/mol. The number of carboxylic acids is 1. The van der Waals surface area contributed by atoms with E-state index in [9.17, 15) is 9.59 Å². The molecule has 1 N–H and O–H groups in total. The van der Waals surface area contributed by atoms with Crippen molar-refractivity contribution in [3.63, 3.8) is 0 Å². The maximum atomic E-state index is 11.1. The highest BCUT2D eigenvalue weighted by atomic mass is 16.5. The number of carboxylic acid groups (broad SMARTS) is 1. The second-order valence-corrected chi connectivity index (χ2v) is 7.63. The van der Waals surface area contributed by atoms with Crippen LogP contribution in [0, 0.1) is 11.8 Å². The van der Waals surface area contributed by atoms with Crippen molar-refractivity contribution in [2.75, 3.05) is 0 Å². The second-order valence-electron chi connectivity index (χ2n) is 7.63. The van der Waals surface area contributed by atoms with Crippen molar-refractivity contribution in [3.8, 4) is 0 Å². The molecule has 4 rings (SSSR count). The Labute approximate surface area is 178 Å². The van der Waals surface area contributed by atoms with E-state index in [4.69, 9.17) is 9.84 Å². The van der Waals surface area contributed by atoms with Gasteiger partial charge < -0.3 is 14.6 Å². The minimum Gasteiger partial charge on any atom is -0.482 e. The van der Waals surface area contributed by atoms with Gasteiger partial charge in [-0.25, -0.2) is 4.79 Å². The Balaban J connectivity index is 0.000000236. The van der Waals surface area contributed by atoms with Crippen LogP contribution in [0.1, 0.15) is 44.2 Å². The van der Waals surface area contributed by atoms with Crippen molar-refractivity contribution >= 4 is 17.8 Å². The van der Waals surface area contributed by atoms with Crippen molar-refractivity contribution in [2.24, 2.45) is 11.8 Å². The molecule has 0 heterocycles. The lowest BCUT2D eigenvalue weighted by molar-refractivity contribution is -0.136. The first-order chi connectivity index (χ1) is 14.4. The highest BCUT2D eigenvalue weighted by molar-refractivity contribution is 5.89. The number of carbonyl (C=O) groups excluding carboxylic acids is 1. The Morgan fingerprint density at radius 1 is 0.933 bits per heavy atom. The summed E-state index contributed by atoms with van der Waals surface area (Å²) in [5, 5.41) is 9.12. The molecule has 30 heavy (non-hydrogen) atoms. The molecule has 2 aliphatic rings. The molecule has 2 atom stereocenters. The average molecular weight is 407 g/mol. The van der Waals surface area contributed by atoms with Gasteiger partial charge in [-0.15, -0.1) is 0 Å². The van der Waals surface area contributed by atoms with Crippen molar-refractivity contribution in [1.29, 1.82) is 0 Å². The van der Waals surface area contributed by atoms with Crippen LogP contribution in [0.3, 0.4) is 0 Å². The molecule has 0 amide bonds. The van der Waals surface area contributed by atoms with E-state index in [1.165, 1.54) is 39.2 Å². The minimum atomic E-state index is -1.07. The van der Waals surface area contributed by atoms with Gasteiger partial charge in [0.25, 0.3) is 0 Å². The van der Waals surface area contributed by atoms with Crippen LogP contribution in [0.5, 0.6) is 0 Å². The molecule has 4 nitrogen and oxygen atoms in total. The van der Waals surface area contributed by atoms with Crippen LogP contribution < -0.4 is 0 Å². The summed E-state index contributed by atoms with van der Waals surface area (Å²) in [6.07, 6.45) is 10.7. The molecule has 2 unspecified atom stereocenters. The van der Waals surface area contributed by atoms with E-state index in [2.05, 4.69) is 12.2 Å². The number of hydrogen-bond acceptors (Lipinski definition) is 3. The van der Waals surface area contributed by atoms with E-state index in [1.54, 1.807) is 0 Å². The lowest BCUT2D eigenvalue weighted by Gasteiger charge is -2.06. The van der Waals surface area contributed by atoms with Crippen molar-refractivity contribution in [1.82, 2.24) is 0 Å². The highest BCUT2D eigenvalue weighted by Crippen LogP contribution is 2.38. The number of rotatable bonds is 5. The quantitative estimate of drug-likeness (QED) is 0.382. The van der Waals surface area contributed by atoms with Gasteiger partial charge in [-0.1, -0.05) is 72.8 Å². The van der Waals surface area contributed by atoms with Gasteiger partial charge in [0.15, 0.2) is 0 Å². The smallest absolute Gasteiger partial charge is 0.371 e. The number of carbonyl (C=O) groups is 2. The Hall–Kier alpha value is -3.14. The number of ether oxygens (including phenoxy) is 1. The first-order valence-corrected chi connectivity index (χ1v) is 10.3. The van der Waals surface area contributed by atoms with Gasteiger partial charge in [0.05, 0.1) is 0 Å². The number of fused-ring (bicyclic) bond motifs is 2. The van der Waals surface area contributed by atoms with E-state index in [0.29, 0.717) is 0 Å². The fourth-order valence-electron chi connectivity index (χ4n) is 3.32. The number of ketones is 1. The molecule has 0 saturated heterocycles. The van der Waals surface area contributed by atoms with Crippen LogP contribution in [0.25, 0.3) is 6.08 Å². The van der Waals surface area contributed by atoms with Gasteiger partial charge >= 0.3 is 5.97 Å². The number of allylic oxidation sites excluding steroid dienone is 2. The summed E-state index contributed by atoms with van der Waals surface area (Å²) in [5.74, 6) is 1.02. The summed E-state index contributed by atoms with van der Waals surface area (Å²) in [6.45, 7) is 3.30. The Morgan fingerprint density at radius 3 is 1.83 bits per heavy atom. The van der Waals surface area contributed by atoms with Gasteiger partial charge in [-0.05, 0) is 62.1 Å². The van der Waals surface area contributed by atoms with Crippen molar-refractivity contribution in [2.45, 2.75) is 39.7 Å². The average Bonchev–Trinajstić information content (AvgIpc) is 3.39. The van der Waals surface area contributed by atoms with E-state index >= 15 is 0 Å². The number of hydrogen-bond donors (Lipinski definition) is 1.